The van der Waals surface area contributed by atoms with Crippen molar-refractivity contribution < 1.29 is 0 Å². The maximum atomic E-state index is 5.60. The average Bonchev–Trinajstić information content (AvgIpc) is 3.40. The van der Waals surface area contributed by atoms with Crippen LogP contribution in [-0.2, 0) is 0 Å². The number of H-pyrrole nitrogens is 4. The molecule has 5 rings (SSSR count). The Morgan fingerprint density at radius 3 is 1.71 bits per heavy atom. The normalized spacial score (nSPS) is 12.3. The van der Waals surface area contributed by atoms with Gasteiger partial charge in [0.25, 0.3) is 0 Å². The second-order valence-corrected chi connectivity index (χ2v) is 6.74. The minimum absolute atomic E-state index is 0.0191. The molecular formula is C21H19N7. The average molecular weight is 369 g/mol. The van der Waals surface area contributed by atoms with Crippen LogP contribution in [0.5, 0.6) is 0 Å². The summed E-state index contributed by atoms with van der Waals surface area (Å²) < 4.78 is 0. The van der Waals surface area contributed by atoms with Gasteiger partial charge in [0.2, 0.25) is 0 Å². The van der Waals surface area contributed by atoms with Gasteiger partial charge in [-0.25, -0.2) is 4.99 Å². The molecule has 7 nitrogen and oxygen atoms in total. The number of nitrogens with one attached hydrogen (secondary N) is 4. The van der Waals surface area contributed by atoms with Gasteiger partial charge in [-0.05, 0) is 66.8 Å². The second kappa shape index (κ2) is 6.24. The van der Waals surface area contributed by atoms with Crippen LogP contribution >= 0.6 is 0 Å². The Kier molecular flexibility index (Phi) is 3.58. The van der Waals surface area contributed by atoms with E-state index in [-0.39, 0.29) is 5.96 Å². The molecule has 0 saturated carbocycles. The largest absolute Gasteiger partial charge is 0.370 e. The Labute approximate surface area is 159 Å². The van der Waals surface area contributed by atoms with Gasteiger partial charge < -0.3 is 31.4 Å². The van der Waals surface area contributed by atoms with Crippen molar-refractivity contribution >= 4 is 36.0 Å². The Hall–Kier alpha value is -4.13. The topological polar surface area (TPSA) is 128 Å². The molecular weight excluding hydrogens is 350 g/mol. The molecule has 8 N–H and O–H groups in total. The predicted octanol–water partition coefficient (Wildman–Crippen LogP) is -0.467. The van der Waals surface area contributed by atoms with Crippen LogP contribution in [0.4, 0.5) is 5.69 Å². The molecule has 0 fully saturated rings. The summed E-state index contributed by atoms with van der Waals surface area (Å²) in [4.78, 5) is 17.8. The van der Waals surface area contributed by atoms with Crippen molar-refractivity contribution in [3.8, 4) is 0 Å². The number of hydrogen-bond acceptors (Lipinski definition) is 1. The van der Waals surface area contributed by atoms with Crippen LogP contribution in [0.25, 0.3) is 24.3 Å². The molecule has 8 bridgehead atoms. The third-order valence-corrected chi connectivity index (χ3v) is 4.52. The van der Waals surface area contributed by atoms with Crippen molar-refractivity contribution in [1.82, 2.24) is 19.9 Å². The standard InChI is InChI=1S/C21H19N7/c22-21(23)28-20-11-18-9-16-4-3-14(25-16)7-12-1-2-13(24-12)8-15-5-6-17(26-15)10-19(20)27-18/h1-11,24-27H,(H4,22,23,28). The van der Waals surface area contributed by atoms with E-state index in [0.29, 0.717) is 5.69 Å². The monoisotopic (exact) mass is 369 g/mol. The Balaban J connectivity index is 1.80. The van der Waals surface area contributed by atoms with Crippen molar-refractivity contribution in [1.29, 1.82) is 0 Å². The highest BCUT2D eigenvalue weighted by Gasteiger charge is 2.02. The van der Waals surface area contributed by atoms with Gasteiger partial charge in [-0.1, -0.05) is 0 Å². The molecule has 0 radical (unpaired) electrons. The zero-order valence-electron chi connectivity index (χ0n) is 15.0. The number of aliphatic imine (C=N–C) groups is 1. The molecule has 4 aromatic rings. The second-order valence-electron chi connectivity index (χ2n) is 6.74. The van der Waals surface area contributed by atoms with E-state index in [2.05, 4.69) is 49.2 Å². The van der Waals surface area contributed by atoms with Crippen LogP contribution in [0.3, 0.4) is 0 Å². The molecule has 4 aromatic heterocycles. The molecule has 0 saturated heterocycles. The summed E-state index contributed by atoms with van der Waals surface area (Å²) in [5, 5.41) is 3.77. The number of aromatic amines is 4. The van der Waals surface area contributed by atoms with Gasteiger partial charge in [-0.3, -0.25) is 0 Å². The van der Waals surface area contributed by atoms with E-state index in [1.54, 1.807) is 0 Å². The molecule has 0 spiro atoms. The highest BCUT2D eigenvalue weighted by atomic mass is 15.0. The fourth-order valence-electron chi connectivity index (χ4n) is 3.35. The van der Waals surface area contributed by atoms with Gasteiger partial charge >= 0.3 is 0 Å². The van der Waals surface area contributed by atoms with Crippen molar-refractivity contribution in [2.24, 2.45) is 16.5 Å². The summed E-state index contributed by atoms with van der Waals surface area (Å²) in [6, 6.07) is 14.1. The van der Waals surface area contributed by atoms with Gasteiger partial charge in [-0.15, -0.1) is 0 Å². The minimum atomic E-state index is 0.0191. The first-order valence-corrected chi connectivity index (χ1v) is 8.89. The SMILES string of the molecule is NC(N)=Nc1cc2[nH]c1=Cc1ccc([nH]1)C=c1ccc([nH]1)=Cc1ccc([nH]1)C=2. The summed E-state index contributed by atoms with van der Waals surface area (Å²) in [6.45, 7) is 0. The first kappa shape index (κ1) is 16.1. The zero-order valence-corrected chi connectivity index (χ0v) is 15.0. The maximum Gasteiger partial charge on any atom is 0.191 e. The molecule has 0 unspecified atom stereocenters. The quantitative estimate of drug-likeness (QED) is 0.176. The summed E-state index contributed by atoms with van der Waals surface area (Å²) in [5.74, 6) is 0.0191. The van der Waals surface area contributed by atoms with Crippen LogP contribution in [-0.4, -0.2) is 25.9 Å². The molecule has 5 heterocycles. The molecule has 28 heavy (non-hydrogen) atoms. The lowest BCUT2D eigenvalue weighted by atomic mass is 10.3. The molecule has 0 atom stereocenters. The lowest BCUT2D eigenvalue weighted by Gasteiger charge is -1.91. The Morgan fingerprint density at radius 2 is 1.14 bits per heavy atom. The van der Waals surface area contributed by atoms with E-state index in [0.717, 1.165) is 44.2 Å². The number of aromatic nitrogens is 4. The van der Waals surface area contributed by atoms with E-state index in [4.69, 9.17) is 11.5 Å². The van der Waals surface area contributed by atoms with Gasteiger partial charge in [0.1, 0.15) is 0 Å². The predicted molar refractivity (Wildman–Crippen MR) is 111 cm³/mol. The molecule has 0 amide bonds. The van der Waals surface area contributed by atoms with Gasteiger partial charge in [0.15, 0.2) is 5.96 Å². The number of fused-ring (bicyclic) bond motifs is 8. The fraction of sp³-hybridized carbons (Fsp3) is 0. The Bertz CT molecular complexity index is 1430. The lowest BCUT2D eigenvalue weighted by molar-refractivity contribution is 1.23. The maximum absolute atomic E-state index is 5.60. The van der Waals surface area contributed by atoms with Crippen molar-refractivity contribution in [2.75, 3.05) is 0 Å². The summed E-state index contributed by atoms with van der Waals surface area (Å²) >= 11 is 0. The third kappa shape index (κ3) is 3.16. The van der Waals surface area contributed by atoms with Gasteiger partial charge in [0, 0.05) is 38.8 Å². The van der Waals surface area contributed by atoms with E-state index in [1.165, 1.54) is 0 Å². The molecule has 0 aromatic carbocycles. The number of guanidine groups is 1. The molecule has 1 aliphatic rings. The van der Waals surface area contributed by atoms with Gasteiger partial charge in [-0.2, -0.15) is 0 Å². The molecule has 1 aliphatic heterocycles. The molecule has 0 aliphatic carbocycles. The summed E-state index contributed by atoms with van der Waals surface area (Å²) in [6.07, 6.45) is 8.13. The Morgan fingerprint density at radius 1 is 0.607 bits per heavy atom. The van der Waals surface area contributed by atoms with E-state index in [9.17, 15) is 0 Å². The minimum Gasteiger partial charge on any atom is -0.370 e. The van der Waals surface area contributed by atoms with Crippen molar-refractivity contribution in [3.05, 3.63) is 86.6 Å². The smallest absolute Gasteiger partial charge is 0.191 e. The van der Waals surface area contributed by atoms with Gasteiger partial charge in [0.05, 0.1) is 11.0 Å². The number of rotatable bonds is 1. The first-order chi connectivity index (χ1) is 13.6. The molecule has 7 heteroatoms. The van der Waals surface area contributed by atoms with Crippen molar-refractivity contribution in [3.63, 3.8) is 0 Å². The summed E-state index contributed by atoms with van der Waals surface area (Å²) in [5.41, 5.74) is 15.8. The fourth-order valence-corrected chi connectivity index (χ4v) is 3.35. The van der Waals surface area contributed by atoms with Crippen molar-refractivity contribution in [2.45, 2.75) is 0 Å². The van der Waals surface area contributed by atoms with Crippen LogP contribution in [0.1, 0.15) is 22.8 Å². The number of hydrogen-bond donors (Lipinski definition) is 6. The highest BCUT2D eigenvalue weighted by Crippen LogP contribution is 2.07. The lowest BCUT2D eigenvalue weighted by Crippen LogP contribution is -2.22. The van der Waals surface area contributed by atoms with Crippen LogP contribution < -0.4 is 32.9 Å². The van der Waals surface area contributed by atoms with Crippen LogP contribution in [0.15, 0.2) is 47.5 Å². The highest BCUT2D eigenvalue weighted by molar-refractivity contribution is 5.79. The van der Waals surface area contributed by atoms with E-state index >= 15 is 0 Å². The first-order valence-electron chi connectivity index (χ1n) is 8.89. The van der Waals surface area contributed by atoms with E-state index in [1.807, 2.05) is 42.5 Å². The van der Waals surface area contributed by atoms with Crippen LogP contribution in [0, 0.1) is 0 Å². The number of nitrogens with two attached hydrogens (primary N) is 2. The number of nitrogens with zero attached hydrogens (tertiary/aromatic N) is 1. The zero-order chi connectivity index (χ0) is 19.1. The summed E-state index contributed by atoms with van der Waals surface area (Å²) in [7, 11) is 0. The molecule has 138 valence electrons. The van der Waals surface area contributed by atoms with Crippen LogP contribution in [0.2, 0.25) is 0 Å². The third-order valence-electron chi connectivity index (χ3n) is 4.52. The van der Waals surface area contributed by atoms with E-state index < -0.39 is 0 Å².